The van der Waals surface area contributed by atoms with Crippen LogP contribution in [-0.4, -0.2) is 17.1 Å². The number of hydrogen-bond donors (Lipinski definition) is 0. The Hall–Kier alpha value is -2.00. The van der Waals surface area contributed by atoms with Crippen molar-refractivity contribution in [2.24, 2.45) is 7.05 Å². The zero-order chi connectivity index (χ0) is 15.0. The molecule has 0 aliphatic rings. The SMILES string of the molecule is CCOC(=O)Cc1ccc2c3cc(Cl)ccc3n(C)c2c1. The lowest BCUT2D eigenvalue weighted by Gasteiger charge is -2.03. The molecule has 0 radical (unpaired) electrons. The fraction of sp³-hybridized carbons (Fsp3) is 0.235. The van der Waals surface area contributed by atoms with Crippen molar-refractivity contribution < 1.29 is 9.53 Å². The van der Waals surface area contributed by atoms with Crippen LogP contribution in [0.1, 0.15) is 12.5 Å². The maximum Gasteiger partial charge on any atom is 0.310 e. The zero-order valence-electron chi connectivity index (χ0n) is 12.0. The number of ether oxygens (including phenoxy) is 1. The molecule has 0 saturated carbocycles. The third-order valence-corrected chi connectivity index (χ3v) is 3.92. The Morgan fingerprint density at radius 3 is 2.71 bits per heavy atom. The molecule has 0 spiro atoms. The molecule has 0 atom stereocenters. The van der Waals surface area contributed by atoms with Gasteiger partial charge < -0.3 is 9.30 Å². The minimum absolute atomic E-state index is 0.196. The maximum atomic E-state index is 11.6. The van der Waals surface area contributed by atoms with Crippen molar-refractivity contribution in [2.75, 3.05) is 6.61 Å². The minimum atomic E-state index is -0.196. The van der Waals surface area contributed by atoms with Crippen molar-refractivity contribution in [1.29, 1.82) is 0 Å². The van der Waals surface area contributed by atoms with E-state index < -0.39 is 0 Å². The highest BCUT2D eigenvalue weighted by Crippen LogP contribution is 2.30. The normalized spacial score (nSPS) is 11.2. The first-order valence-corrected chi connectivity index (χ1v) is 7.30. The minimum Gasteiger partial charge on any atom is -0.466 e. The summed E-state index contributed by atoms with van der Waals surface area (Å²) in [7, 11) is 2.02. The molecule has 1 heterocycles. The van der Waals surface area contributed by atoms with E-state index in [0.717, 1.165) is 32.4 Å². The summed E-state index contributed by atoms with van der Waals surface area (Å²) in [4.78, 5) is 11.6. The standard InChI is InChI=1S/C17H16ClNO2/c1-3-21-17(20)9-11-4-6-13-14-10-12(18)5-7-15(14)19(2)16(13)8-11/h4-8,10H,3,9H2,1-2H3. The highest BCUT2D eigenvalue weighted by Gasteiger charge is 2.11. The van der Waals surface area contributed by atoms with Gasteiger partial charge in [0, 0.05) is 33.9 Å². The molecule has 3 aromatic rings. The molecule has 0 N–H and O–H groups in total. The Labute approximate surface area is 128 Å². The number of aryl methyl sites for hydroxylation is 1. The van der Waals surface area contributed by atoms with Crippen LogP contribution in [0.15, 0.2) is 36.4 Å². The second-order valence-corrected chi connectivity index (χ2v) is 5.49. The molecule has 3 rings (SSSR count). The monoisotopic (exact) mass is 301 g/mol. The fourth-order valence-electron chi connectivity index (χ4n) is 2.72. The lowest BCUT2D eigenvalue weighted by molar-refractivity contribution is -0.142. The first kappa shape index (κ1) is 14.0. The van der Waals surface area contributed by atoms with E-state index in [9.17, 15) is 4.79 Å². The van der Waals surface area contributed by atoms with Crippen LogP contribution >= 0.6 is 11.6 Å². The second-order valence-electron chi connectivity index (χ2n) is 5.05. The molecular formula is C17H16ClNO2. The lowest BCUT2D eigenvalue weighted by Crippen LogP contribution is -2.07. The topological polar surface area (TPSA) is 31.2 Å². The molecule has 3 nitrogen and oxygen atoms in total. The maximum absolute atomic E-state index is 11.6. The number of fused-ring (bicyclic) bond motifs is 3. The summed E-state index contributed by atoms with van der Waals surface area (Å²) in [6, 6.07) is 11.9. The highest BCUT2D eigenvalue weighted by molar-refractivity contribution is 6.31. The number of nitrogens with zero attached hydrogens (tertiary/aromatic N) is 1. The smallest absolute Gasteiger partial charge is 0.310 e. The van der Waals surface area contributed by atoms with E-state index in [1.807, 2.05) is 50.4 Å². The van der Waals surface area contributed by atoms with Crippen molar-refractivity contribution >= 4 is 39.4 Å². The van der Waals surface area contributed by atoms with Crippen LogP contribution < -0.4 is 0 Å². The van der Waals surface area contributed by atoms with E-state index in [4.69, 9.17) is 16.3 Å². The summed E-state index contributed by atoms with van der Waals surface area (Å²) in [5, 5.41) is 3.00. The van der Waals surface area contributed by atoms with Gasteiger partial charge in [-0.05, 0) is 36.8 Å². The largest absolute Gasteiger partial charge is 0.466 e. The summed E-state index contributed by atoms with van der Waals surface area (Å²) in [5.41, 5.74) is 3.18. The average Bonchev–Trinajstić information content (AvgIpc) is 2.72. The summed E-state index contributed by atoms with van der Waals surface area (Å²) >= 11 is 6.09. The Morgan fingerprint density at radius 1 is 1.14 bits per heavy atom. The molecular weight excluding hydrogens is 286 g/mol. The van der Waals surface area contributed by atoms with Gasteiger partial charge >= 0.3 is 5.97 Å². The predicted octanol–water partition coefficient (Wildman–Crippen LogP) is 4.09. The molecule has 0 unspecified atom stereocenters. The summed E-state index contributed by atoms with van der Waals surface area (Å²) < 4.78 is 7.12. The predicted molar refractivity (Wildman–Crippen MR) is 85.8 cm³/mol. The average molecular weight is 302 g/mol. The van der Waals surface area contributed by atoms with Gasteiger partial charge in [-0.1, -0.05) is 23.7 Å². The third kappa shape index (κ3) is 2.49. The van der Waals surface area contributed by atoms with Crippen LogP contribution in [0.4, 0.5) is 0 Å². The molecule has 4 heteroatoms. The Balaban J connectivity index is 2.11. The zero-order valence-corrected chi connectivity index (χ0v) is 12.8. The van der Waals surface area contributed by atoms with Crippen LogP contribution in [-0.2, 0) is 23.0 Å². The number of carbonyl (C=O) groups is 1. The van der Waals surface area contributed by atoms with Crippen molar-refractivity contribution in [3.63, 3.8) is 0 Å². The first-order valence-electron chi connectivity index (χ1n) is 6.92. The van der Waals surface area contributed by atoms with Gasteiger partial charge in [0.1, 0.15) is 0 Å². The molecule has 0 aliphatic heterocycles. The molecule has 0 saturated heterocycles. The van der Waals surface area contributed by atoms with E-state index in [-0.39, 0.29) is 5.97 Å². The molecule has 0 fully saturated rings. The van der Waals surface area contributed by atoms with E-state index >= 15 is 0 Å². The van der Waals surface area contributed by atoms with Crippen molar-refractivity contribution in [1.82, 2.24) is 4.57 Å². The van der Waals surface area contributed by atoms with Gasteiger partial charge in [-0.15, -0.1) is 0 Å². The highest BCUT2D eigenvalue weighted by atomic mass is 35.5. The number of rotatable bonds is 3. The summed E-state index contributed by atoms with van der Waals surface area (Å²) in [6.07, 6.45) is 0.298. The van der Waals surface area contributed by atoms with Crippen LogP contribution in [0, 0.1) is 0 Å². The Bertz CT molecular complexity index is 836. The third-order valence-electron chi connectivity index (χ3n) is 3.69. The van der Waals surface area contributed by atoms with Crippen LogP contribution in [0.2, 0.25) is 5.02 Å². The molecule has 21 heavy (non-hydrogen) atoms. The van der Waals surface area contributed by atoms with Gasteiger partial charge in [-0.3, -0.25) is 4.79 Å². The van der Waals surface area contributed by atoms with Gasteiger partial charge in [-0.2, -0.15) is 0 Å². The lowest BCUT2D eigenvalue weighted by atomic mass is 10.1. The van der Waals surface area contributed by atoms with Crippen molar-refractivity contribution in [3.05, 3.63) is 47.0 Å². The molecule has 108 valence electrons. The quantitative estimate of drug-likeness (QED) is 0.682. The van der Waals surface area contributed by atoms with Crippen LogP contribution in [0.3, 0.4) is 0 Å². The molecule has 1 aromatic heterocycles. The Kier molecular flexibility index (Phi) is 3.60. The van der Waals surface area contributed by atoms with E-state index in [1.165, 1.54) is 0 Å². The van der Waals surface area contributed by atoms with Gasteiger partial charge in [0.15, 0.2) is 0 Å². The van der Waals surface area contributed by atoms with Gasteiger partial charge in [0.2, 0.25) is 0 Å². The number of hydrogen-bond acceptors (Lipinski definition) is 2. The molecule has 0 bridgehead atoms. The second kappa shape index (κ2) is 5.41. The van der Waals surface area contributed by atoms with Crippen LogP contribution in [0.25, 0.3) is 21.8 Å². The Morgan fingerprint density at radius 2 is 1.95 bits per heavy atom. The summed E-state index contributed by atoms with van der Waals surface area (Å²) in [5.74, 6) is -0.196. The number of benzene rings is 2. The number of halogens is 1. The summed E-state index contributed by atoms with van der Waals surface area (Å²) in [6.45, 7) is 2.22. The number of esters is 1. The number of aromatic nitrogens is 1. The van der Waals surface area contributed by atoms with Crippen molar-refractivity contribution in [3.8, 4) is 0 Å². The molecule has 2 aromatic carbocycles. The van der Waals surface area contributed by atoms with E-state index in [2.05, 4.69) is 4.57 Å². The molecule has 0 aliphatic carbocycles. The van der Waals surface area contributed by atoms with E-state index in [0.29, 0.717) is 13.0 Å². The van der Waals surface area contributed by atoms with E-state index in [1.54, 1.807) is 0 Å². The molecule has 0 amide bonds. The van der Waals surface area contributed by atoms with Gasteiger partial charge in [0.05, 0.1) is 13.0 Å². The van der Waals surface area contributed by atoms with Crippen LogP contribution in [0.5, 0.6) is 0 Å². The number of carbonyl (C=O) groups excluding carboxylic acids is 1. The first-order chi connectivity index (χ1) is 10.1. The fourth-order valence-corrected chi connectivity index (χ4v) is 2.89. The van der Waals surface area contributed by atoms with Crippen molar-refractivity contribution in [2.45, 2.75) is 13.3 Å². The van der Waals surface area contributed by atoms with Gasteiger partial charge in [-0.25, -0.2) is 0 Å². The van der Waals surface area contributed by atoms with Gasteiger partial charge in [0.25, 0.3) is 0 Å².